The van der Waals surface area contributed by atoms with Crippen LogP contribution < -0.4 is 0 Å². The number of furan rings is 1. The number of aromatic carboxylic acids is 1. The van der Waals surface area contributed by atoms with E-state index in [1.807, 2.05) is 42.5 Å². The van der Waals surface area contributed by atoms with Gasteiger partial charge in [-0.3, -0.25) is 0 Å². The summed E-state index contributed by atoms with van der Waals surface area (Å²) in [5.74, 6) is 0.199. The molecule has 0 aliphatic heterocycles. The largest absolute Gasteiger partial charge is 0.478 e. The van der Waals surface area contributed by atoms with Crippen LogP contribution in [0.4, 0.5) is 0 Å². The molecule has 4 heteroatoms. The first-order valence-electron chi connectivity index (χ1n) is 8.68. The van der Waals surface area contributed by atoms with Gasteiger partial charge in [0.1, 0.15) is 11.5 Å². The summed E-state index contributed by atoms with van der Waals surface area (Å²) in [7, 11) is 0. The van der Waals surface area contributed by atoms with E-state index < -0.39 is 5.97 Å². The van der Waals surface area contributed by atoms with Crippen LogP contribution in [-0.2, 0) is 0 Å². The highest BCUT2D eigenvalue weighted by molar-refractivity contribution is 5.94. The molecule has 134 valence electrons. The Bertz CT molecular complexity index is 1240. The second-order valence-corrected chi connectivity index (χ2v) is 6.32. The van der Waals surface area contributed by atoms with Crippen LogP contribution in [0, 0.1) is 11.3 Å². The second kappa shape index (κ2) is 7.26. The van der Waals surface area contributed by atoms with Gasteiger partial charge in [0.2, 0.25) is 0 Å². The number of benzene rings is 3. The van der Waals surface area contributed by atoms with Gasteiger partial charge >= 0.3 is 5.97 Å². The number of nitriles is 1. The Balaban J connectivity index is 1.65. The number of carbonyl (C=O) groups is 1. The number of nitrogens with zero attached hydrogens (tertiary/aromatic N) is 1. The van der Waals surface area contributed by atoms with E-state index in [4.69, 9.17) is 9.52 Å². The summed E-state index contributed by atoms with van der Waals surface area (Å²) in [4.78, 5) is 11.0. The monoisotopic (exact) mass is 365 g/mol. The molecule has 0 aliphatic rings. The number of allylic oxidation sites excluding steroid dienone is 1. The molecule has 1 heterocycles. The van der Waals surface area contributed by atoms with E-state index >= 15 is 0 Å². The lowest BCUT2D eigenvalue weighted by Gasteiger charge is -2.02. The average Bonchev–Trinajstić information content (AvgIpc) is 3.20. The van der Waals surface area contributed by atoms with Gasteiger partial charge < -0.3 is 9.52 Å². The maximum atomic E-state index is 11.0. The zero-order valence-electron chi connectivity index (χ0n) is 14.8. The summed E-state index contributed by atoms with van der Waals surface area (Å²) in [5, 5.41) is 20.8. The molecule has 1 N–H and O–H groups in total. The molecule has 4 aromatic rings. The fourth-order valence-corrected chi connectivity index (χ4v) is 3.04. The zero-order chi connectivity index (χ0) is 19.5. The summed E-state index contributed by atoms with van der Waals surface area (Å²) in [5.41, 5.74) is 2.32. The first-order valence-corrected chi connectivity index (χ1v) is 8.68. The standard InChI is InChI=1S/C24H15NO3/c25-15-21(20-10-5-16-3-1-2-4-19(16)13-20)14-22-11-12-23(28-22)17-6-8-18(9-7-17)24(26)27/h1-14H,(H,26,27). The fourth-order valence-electron chi connectivity index (χ4n) is 3.04. The average molecular weight is 365 g/mol. The van der Waals surface area contributed by atoms with Crippen LogP contribution in [0.25, 0.3) is 33.7 Å². The van der Waals surface area contributed by atoms with Crippen LogP contribution in [0.2, 0.25) is 0 Å². The molecule has 0 atom stereocenters. The molecule has 0 bridgehead atoms. The summed E-state index contributed by atoms with van der Waals surface area (Å²) in [6.07, 6.45) is 1.71. The Hall–Kier alpha value is -4.10. The van der Waals surface area contributed by atoms with Crippen molar-refractivity contribution in [1.82, 2.24) is 0 Å². The minimum absolute atomic E-state index is 0.221. The van der Waals surface area contributed by atoms with Crippen LogP contribution in [0.15, 0.2) is 83.3 Å². The normalized spacial score (nSPS) is 11.3. The molecule has 0 aliphatic carbocycles. The maximum absolute atomic E-state index is 11.0. The Morgan fingerprint density at radius 1 is 0.893 bits per heavy atom. The molecule has 3 aromatic carbocycles. The molecule has 28 heavy (non-hydrogen) atoms. The predicted molar refractivity (Wildman–Crippen MR) is 109 cm³/mol. The number of hydrogen-bond acceptors (Lipinski definition) is 3. The smallest absolute Gasteiger partial charge is 0.335 e. The fraction of sp³-hybridized carbons (Fsp3) is 0. The van der Waals surface area contributed by atoms with Gasteiger partial charge in [0.05, 0.1) is 17.2 Å². The SMILES string of the molecule is N#CC(=Cc1ccc(-c2ccc(C(=O)O)cc2)o1)c1ccc2ccccc2c1. The molecule has 0 unspecified atom stereocenters. The van der Waals surface area contributed by atoms with Crippen molar-refractivity contribution >= 4 is 28.4 Å². The van der Waals surface area contributed by atoms with Crippen LogP contribution in [-0.4, -0.2) is 11.1 Å². The Morgan fingerprint density at radius 2 is 1.61 bits per heavy atom. The van der Waals surface area contributed by atoms with Crippen LogP contribution in [0.5, 0.6) is 0 Å². The predicted octanol–water partition coefficient (Wildman–Crippen LogP) is 5.86. The van der Waals surface area contributed by atoms with Crippen molar-refractivity contribution in [3.05, 3.63) is 95.7 Å². The summed E-state index contributed by atoms with van der Waals surface area (Å²) in [6, 6.07) is 26.2. The van der Waals surface area contributed by atoms with Crippen molar-refractivity contribution in [1.29, 1.82) is 5.26 Å². The highest BCUT2D eigenvalue weighted by atomic mass is 16.4. The third kappa shape index (κ3) is 3.42. The van der Waals surface area contributed by atoms with E-state index in [1.165, 1.54) is 12.1 Å². The number of carboxylic acids is 1. The lowest BCUT2D eigenvalue weighted by molar-refractivity contribution is 0.0697. The highest BCUT2D eigenvalue weighted by Gasteiger charge is 2.08. The van der Waals surface area contributed by atoms with Crippen molar-refractivity contribution in [2.24, 2.45) is 0 Å². The van der Waals surface area contributed by atoms with Gasteiger partial charge in [0.25, 0.3) is 0 Å². The molecule has 0 fully saturated rings. The number of fused-ring (bicyclic) bond motifs is 1. The molecule has 0 radical (unpaired) electrons. The van der Waals surface area contributed by atoms with Crippen molar-refractivity contribution in [2.75, 3.05) is 0 Å². The van der Waals surface area contributed by atoms with E-state index in [2.05, 4.69) is 6.07 Å². The molecular weight excluding hydrogens is 350 g/mol. The van der Waals surface area contributed by atoms with Gasteiger partial charge in [-0.25, -0.2) is 4.79 Å². The molecule has 0 spiro atoms. The molecule has 4 nitrogen and oxygen atoms in total. The lowest BCUT2D eigenvalue weighted by Crippen LogP contribution is -1.94. The van der Waals surface area contributed by atoms with Crippen molar-refractivity contribution < 1.29 is 14.3 Å². The van der Waals surface area contributed by atoms with Crippen LogP contribution >= 0.6 is 0 Å². The molecule has 0 saturated heterocycles. The van der Waals surface area contributed by atoms with E-state index in [0.29, 0.717) is 17.1 Å². The second-order valence-electron chi connectivity index (χ2n) is 6.32. The van der Waals surface area contributed by atoms with E-state index in [9.17, 15) is 10.1 Å². The van der Waals surface area contributed by atoms with Gasteiger partial charge in [-0.2, -0.15) is 5.26 Å². The van der Waals surface area contributed by atoms with Gasteiger partial charge in [-0.1, -0.05) is 48.5 Å². The molecule has 4 rings (SSSR count). The number of rotatable bonds is 4. The lowest BCUT2D eigenvalue weighted by atomic mass is 10.0. The van der Waals surface area contributed by atoms with E-state index in [1.54, 1.807) is 30.3 Å². The minimum Gasteiger partial charge on any atom is -0.478 e. The topological polar surface area (TPSA) is 74.2 Å². The van der Waals surface area contributed by atoms with Crippen molar-refractivity contribution in [3.8, 4) is 17.4 Å². The number of hydrogen-bond donors (Lipinski definition) is 1. The van der Waals surface area contributed by atoms with Crippen molar-refractivity contribution in [3.63, 3.8) is 0 Å². The third-order valence-corrected chi connectivity index (χ3v) is 4.51. The van der Waals surface area contributed by atoms with Gasteiger partial charge in [-0.05, 0) is 52.7 Å². The Morgan fingerprint density at radius 3 is 2.32 bits per heavy atom. The highest BCUT2D eigenvalue weighted by Crippen LogP contribution is 2.27. The Kier molecular flexibility index (Phi) is 4.49. The van der Waals surface area contributed by atoms with Crippen molar-refractivity contribution in [2.45, 2.75) is 0 Å². The maximum Gasteiger partial charge on any atom is 0.335 e. The van der Waals surface area contributed by atoms with Gasteiger partial charge in [-0.15, -0.1) is 0 Å². The van der Waals surface area contributed by atoms with E-state index in [0.717, 1.165) is 21.9 Å². The molecule has 0 amide bonds. The summed E-state index contributed by atoms with van der Waals surface area (Å²) >= 11 is 0. The van der Waals surface area contributed by atoms with Crippen LogP contribution in [0.3, 0.4) is 0 Å². The molecule has 1 aromatic heterocycles. The van der Waals surface area contributed by atoms with Crippen LogP contribution in [0.1, 0.15) is 21.7 Å². The summed E-state index contributed by atoms with van der Waals surface area (Å²) < 4.78 is 5.84. The Labute approximate surface area is 161 Å². The quantitative estimate of drug-likeness (QED) is 0.460. The zero-order valence-corrected chi connectivity index (χ0v) is 14.8. The first-order chi connectivity index (χ1) is 13.6. The molecule has 0 saturated carbocycles. The summed E-state index contributed by atoms with van der Waals surface area (Å²) in [6.45, 7) is 0. The van der Waals surface area contributed by atoms with Gasteiger partial charge in [0.15, 0.2) is 0 Å². The minimum atomic E-state index is -0.969. The van der Waals surface area contributed by atoms with E-state index in [-0.39, 0.29) is 5.56 Å². The first kappa shape index (κ1) is 17.3. The third-order valence-electron chi connectivity index (χ3n) is 4.51. The van der Waals surface area contributed by atoms with Gasteiger partial charge in [0, 0.05) is 5.56 Å². The number of carboxylic acid groups (broad SMARTS) is 1. The molecular formula is C24H15NO3.